The Bertz CT molecular complexity index is 4590. The van der Waals surface area contributed by atoms with Crippen LogP contribution in [0.2, 0.25) is 0 Å². The number of methoxy groups -OCH3 is 2. The summed E-state index contributed by atoms with van der Waals surface area (Å²) in [5.41, 5.74) is -1.65. The van der Waals surface area contributed by atoms with Gasteiger partial charge >= 0.3 is 12.1 Å². The average Bonchev–Trinajstić information content (AvgIpc) is 1.57. The molecule has 4 aliphatic carbocycles. The van der Waals surface area contributed by atoms with E-state index in [1.165, 1.54) is 9.80 Å². The molecule has 6 aliphatic rings. The Morgan fingerprint density at radius 3 is 1.37 bits per heavy atom. The van der Waals surface area contributed by atoms with E-state index < -0.39 is 153 Å². The molecular formula is C77H92N8O17S2. The number of Topliss-reactive ketones (excluding diaryl/α,β-unsaturated/α-hetero) is 2. The van der Waals surface area contributed by atoms with Crippen molar-refractivity contribution in [3.63, 3.8) is 0 Å². The Morgan fingerprint density at radius 2 is 1.00 bits per heavy atom. The van der Waals surface area contributed by atoms with Gasteiger partial charge in [0.05, 0.1) is 84.0 Å². The Morgan fingerprint density at radius 1 is 0.577 bits per heavy atom. The van der Waals surface area contributed by atoms with Gasteiger partial charge in [0.25, 0.3) is 0 Å². The molecule has 2 N–H and O–H groups in total. The van der Waals surface area contributed by atoms with Crippen molar-refractivity contribution in [3.05, 3.63) is 123 Å². The van der Waals surface area contributed by atoms with Crippen LogP contribution in [0.1, 0.15) is 120 Å². The summed E-state index contributed by atoms with van der Waals surface area (Å²) < 4.78 is 86.5. The largest absolute Gasteiger partial charge is 0.497 e. The van der Waals surface area contributed by atoms with Crippen LogP contribution in [-0.4, -0.2) is 184 Å². The first-order valence-corrected chi connectivity index (χ1v) is 38.4. The van der Waals surface area contributed by atoms with Gasteiger partial charge in [-0.1, -0.05) is 45.1 Å². The van der Waals surface area contributed by atoms with Crippen molar-refractivity contribution in [2.75, 3.05) is 38.8 Å². The highest BCUT2D eigenvalue weighted by Crippen LogP contribution is 2.49. The molecule has 0 radical (unpaired) electrons. The number of nitrogens with one attached hydrogen (secondary N) is 2. The number of nitrogens with zero attached hydrogens (tertiary/aromatic N) is 6. The molecule has 2 aromatic carbocycles. The summed E-state index contributed by atoms with van der Waals surface area (Å²) >= 11 is 0. The number of pyridine rings is 4. The molecule has 0 bridgehead atoms. The van der Waals surface area contributed by atoms with Gasteiger partial charge in [0, 0.05) is 72.1 Å². The molecule has 25 nitrogen and oxygen atoms in total. The second-order valence-electron chi connectivity index (χ2n) is 30.9. The number of amides is 4. The molecule has 6 heterocycles. The van der Waals surface area contributed by atoms with Crippen LogP contribution in [0.4, 0.5) is 4.79 Å². The zero-order chi connectivity index (χ0) is 75.2. The molecule has 6 aromatic rings. The third kappa shape index (κ3) is 17.2. The Balaban J connectivity index is 0.000000211. The maximum absolute atomic E-state index is 14.7. The number of carbonyl (C=O) groups is 7. The molecule has 554 valence electrons. The summed E-state index contributed by atoms with van der Waals surface area (Å²) in [6.45, 7) is 23.6. The number of ether oxygens (including phenoxy) is 6. The van der Waals surface area contributed by atoms with Crippen LogP contribution in [0, 0.1) is 23.2 Å². The lowest BCUT2D eigenvalue weighted by Gasteiger charge is -2.35. The van der Waals surface area contributed by atoms with E-state index in [1.54, 1.807) is 123 Å². The molecular weight excluding hydrogens is 1370 g/mol. The highest BCUT2D eigenvalue weighted by Gasteiger charge is 2.63. The number of esters is 1. The van der Waals surface area contributed by atoms with Crippen LogP contribution in [0.5, 0.6) is 23.0 Å². The number of likely N-dealkylation sites (tertiary alicyclic amines) is 2. The van der Waals surface area contributed by atoms with Crippen LogP contribution in [-0.2, 0) is 57.9 Å². The van der Waals surface area contributed by atoms with Crippen LogP contribution in [0.25, 0.3) is 44.6 Å². The second-order valence-corrected chi connectivity index (χ2v) is 35.5. The van der Waals surface area contributed by atoms with Crippen LogP contribution in [0.3, 0.4) is 0 Å². The van der Waals surface area contributed by atoms with Crippen molar-refractivity contribution >= 4 is 82.8 Å². The number of ketones is 2. The first-order chi connectivity index (χ1) is 49.0. The van der Waals surface area contributed by atoms with Crippen LogP contribution >= 0.6 is 0 Å². The van der Waals surface area contributed by atoms with Crippen molar-refractivity contribution in [2.24, 2.45) is 23.2 Å². The Hall–Kier alpha value is -9.37. The number of sulfone groups is 2. The fourth-order valence-corrected chi connectivity index (χ4v) is 17.0. The molecule has 6 fully saturated rings. The number of hydrogen-bond donors (Lipinski definition) is 2. The molecule has 104 heavy (non-hydrogen) atoms. The van der Waals surface area contributed by atoms with Gasteiger partial charge in [-0.2, -0.15) is 0 Å². The van der Waals surface area contributed by atoms with E-state index in [2.05, 4.69) is 33.8 Å². The van der Waals surface area contributed by atoms with Gasteiger partial charge in [0.1, 0.15) is 81.1 Å². The van der Waals surface area contributed by atoms with Gasteiger partial charge in [-0.15, -0.1) is 13.2 Å². The first kappa shape index (κ1) is 75.8. The fourth-order valence-electron chi connectivity index (χ4n) is 13.5. The van der Waals surface area contributed by atoms with Gasteiger partial charge in [-0.25, -0.2) is 31.6 Å². The minimum atomic E-state index is -3.66. The molecule has 4 saturated carbocycles. The maximum atomic E-state index is 14.7. The van der Waals surface area contributed by atoms with E-state index in [1.807, 2.05) is 63.2 Å². The van der Waals surface area contributed by atoms with Crippen LogP contribution < -0.4 is 29.6 Å². The predicted octanol–water partition coefficient (Wildman–Crippen LogP) is 9.52. The quantitative estimate of drug-likeness (QED) is 0.0398. The number of carbonyl (C=O) groups excluding carboxylic acids is 7. The monoisotopic (exact) mass is 1460 g/mol. The highest BCUT2D eigenvalue weighted by molar-refractivity contribution is 7.93. The third-order valence-corrected chi connectivity index (χ3v) is 23.9. The molecule has 0 unspecified atom stereocenters. The standard InChI is InChI=1S/C42H52N4O9S.C35H40N4O8S/c1-9-25-22-42(25,36(47)24-56(51,52)28-14-15-28)45-38(49)34-19-27(23-46(34)39(50)30(40(2,3)4)20-37(48)55-41(5,6)7)54-35-21-33(31-12-10-11-17-43-31)44-32-18-26(53-8)13-16-29(32)35;1-6-21-18-35(21,31(40)20-48(43,44)24-11-12-24)38-32(41)29-16-23(19-39(29)33(42)47-34(2,3)4)46-30-17-28(26-9-7-8-14-36-26)37-27-15-22(45-5)10-13-25(27)30/h9-13,16-18,21,25,27-28,30,34H,1,14-15,19-20,22-24H2,2-8H3,(H,45,49);6-10,13-15,17,21,23-24,29H,1,11-12,16,18-20H2,2-5H3,(H,38,41)/t25-,27-,30-,34+,42-;21-,23-,29+,35-/m11/s1. The predicted molar refractivity (Wildman–Crippen MR) is 389 cm³/mol. The molecule has 2 saturated heterocycles. The first-order valence-electron chi connectivity index (χ1n) is 35.0. The van der Waals surface area contributed by atoms with E-state index in [4.69, 9.17) is 38.4 Å². The summed E-state index contributed by atoms with van der Waals surface area (Å²) in [6, 6.07) is 23.2. The Kier molecular flexibility index (Phi) is 21.3. The second kappa shape index (κ2) is 29.3. The zero-order valence-corrected chi connectivity index (χ0v) is 62.3. The molecule has 4 amide bonds. The lowest BCUT2D eigenvalue weighted by Crippen LogP contribution is -2.55. The number of fused-ring (bicyclic) bond motifs is 2. The van der Waals surface area contributed by atoms with Gasteiger partial charge in [-0.05, 0) is 134 Å². The topological polar surface area (TPSA) is 325 Å². The van der Waals surface area contributed by atoms with Crippen LogP contribution in [0.15, 0.2) is 123 Å². The molecule has 12 rings (SSSR count). The molecule has 27 heteroatoms. The number of rotatable bonds is 25. The van der Waals surface area contributed by atoms with Crippen molar-refractivity contribution in [2.45, 2.75) is 177 Å². The summed E-state index contributed by atoms with van der Waals surface area (Å²) in [4.78, 5) is 118. The molecule has 9 atom stereocenters. The van der Waals surface area contributed by atoms with E-state index >= 15 is 0 Å². The summed E-state index contributed by atoms with van der Waals surface area (Å²) in [5, 5.41) is 6.04. The van der Waals surface area contributed by atoms with E-state index in [0.29, 0.717) is 93.3 Å². The number of aromatic nitrogens is 4. The molecule has 2 aliphatic heterocycles. The summed E-state index contributed by atoms with van der Waals surface area (Å²) in [7, 11) is -4.14. The number of hydrogen-bond acceptors (Lipinski definition) is 21. The van der Waals surface area contributed by atoms with E-state index in [9.17, 15) is 50.4 Å². The lowest BCUT2D eigenvalue weighted by atomic mass is 9.77. The fraction of sp³-hybridized carbons (Fsp3) is 0.494. The molecule has 4 aromatic heterocycles. The van der Waals surface area contributed by atoms with Gasteiger partial charge in [0.15, 0.2) is 31.2 Å². The highest BCUT2D eigenvalue weighted by atomic mass is 32.2. The van der Waals surface area contributed by atoms with Gasteiger partial charge < -0.3 is 44.0 Å². The van der Waals surface area contributed by atoms with E-state index in [0.717, 1.165) is 0 Å². The maximum Gasteiger partial charge on any atom is 0.411 e. The molecule has 0 spiro atoms. The van der Waals surface area contributed by atoms with Gasteiger partial charge in [-0.3, -0.25) is 43.6 Å². The summed E-state index contributed by atoms with van der Waals surface area (Å²) in [5.74, 6) is -4.32. The smallest absolute Gasteiger partial charge is 0.411 e. The zero-order valence-electron chi connectivity index (χ0n) is 60.6. The van der Waals surface area contributed by atoms with Gasteiger partial charge in [0.2, 0.25) is 17.7 Å². The Labute approximate surface area is 606 Å². The van der Waals surface area contributed by atoms with Crippen molar-refractivity contribution in [1.29, 1.82) is 0 Å². The normalized spacial score (nSPS) is 23.3. The van der Waals surface area contributed by atoms with E-state index in [-0.39, 0.29) is 45.2 Å². The minimum absolute atomic E-state index is 0.0153. The lowest BCUT2D eigenvalue weighted by molar-refractivity contribution is -0.161. The van der Waals surface area contributed by atoms with Crippen molar-refractivity contribution in [3.8, 4) is 45.8 Å². The SMILES string of the molecule is C=C[C@@H]1C[C@]1(NC(=O)[C@@H]1C[C@@H](Oc2cc(-c3ccccn3)nc3cc(OC)ccc23)CN1C(=O)OC(C)(C)C)C(=O)CS(=O)(=O)C1CC1.C=C[C@@H]1C[C@]1(NC(=O)[C@@H]1C[C@@H](Oc2cc(-c3ccccn3)nc3cc(OC)ccc23)CN1C(=O)[C@@H](CC(=O)OC(C)(C)C)C(C)(C)C)C(=O)CS(=O)(=O)C1CC1. The average molecular weight is 1470 g/mol. The van der Waals surface area contributed by atoms with Crippen molar-refractivity contribution in [1.82, 2.24) is 40.4 Å². The summed E-state index contributed by atoms with van der Waals surface area (Å²) in [6.07, 6.45) is 6.83. The van der Waals surface area contributed by atoms with Crippen molar-refractivity contribution < 1.29 is 78.8 Å². The third-order valence-electron chi connectivity index (χ3n) is 19.6. The minimum Gasteiger partial charge on any atom is -0.497 e. The number of benzene rings is 2.